The van der Waals surface area contributed by atoms with E-state index in [0.717, 1.165) is 44.9 Å². The molecule has 29 heavy (non-hydrogen) atoms. The predicted molar refractivity (Wildman–Crippen MR) is 102 cm³/mol. The second-order valence-electron chi connectivity index (χ2n) is 11.4. The number of hydrogen-bond acceptors (Lipinski definition) is 6. The van der Waals surface area contributed by atoms with Gasteiger partial charge in [0.25, 0.3) is 0 Å². The van der Waals surface area contributed by atoms with Crippen LogP contribution in [0.2, 0.25) is 0 Å². The number of aliphatic hydroxyl groups excluding tert-OH is 1. The fraction of sp³-hybridized carbons (Fsp3) is 1.00. The number of rotatable bonds is 0. The molecule has 0 radical (unpaired) electrons. The fourth-order valence-electron chi connectivity index (χ4n) is 9.37. The number of epoxide rings is 1. The molecule has 6 heteroatoms. The van der Waals surface area contributed by atoms with E-state index < -0.39 is 11.6 Å². The van der Waals surface area contributed by atoms with E-state index >= 15 is 0 Å². The molecular weight excluding hydrogens is 372 g/mol. The summed E-state index contributed by atoms with van der Waals surface area (Å²) in [6.45, 7) is 7.46. The van der Waals surface area contributed by atoms with E-state index in [2.05, 4.69) is 13.8 Å². The zero-order chi connectivity index (χ0) is 19.7. The van der Waals surface area contributed by atoms with Gasteiger partial charge < -0.3 is 28.8 Å². The summed E-state index contributed by atoms with van der Waals surface area (Å²) in [7, 11) is 0. The van der Waals surface area contributed by atoms with Crippen LogP contribution < -0.4 is 0 Å². The molecule has 7 aliphatic rings. The van der Waals surface area contributed by atoms with Gasteiger partial charge >= 0.3 is 0 Å². The topological polar surface area (TPSA) is 69.7 Å². The van der Waals surface area contributed by atoms with E-state index in [1.165, 1.54) is 0 Å². The van der Waals surface area contributed by atoms with Crippen LogP contribution in [-0.2, 0) is 23.7 Å². The van der Waals surface area contributed by atoms with Crippen molar-refractivity contribution in [1.82, 2.24) is 0 Å². The maximum absolute atomic E-state index is 11.6. The van der Waals surface area contributed by atoms with Gasteiger partial charge in [-0.05, 0) is 43.4 Å². The molecule has 0 aromatic carbocycles. The molecule has 8 atom stereocenters. The first kappa shape index (κ1) is 18.3. The highest BCUT2D eigenvalue weighted by molar-refractivity contribution is 5.27. The van der Waals surface area contributed by atoms with Crippen molar-refractivity contribution >= 4 is 0 Å². The highest BCUT2D eigenvalue weighted by Gasteiger charge is 2.80. The van der Waals surface area contributed by atoms with E-state index in [1.807, 2.05) is 0 Å². The van der Waals surface area contributed by atoms with Crippen LogP contribution in [-0.4, -0.2) is 60.9 Å². The Kier molecular flexibility index (Phi) is 3.41. The van der Waals surface area contributed by atoms with Crippen LogP contribution in [0, 0.1) is 28.6 Å². The number of ether oxygens (including phenoxy) is 5. The maximum atomic E-state index is 11.6. The average Bonchev–Trinajstić information content (AvgIpc) is 3.06. The normalized spacial score (nSPS) is 58.7. The van der Waals surface area contributed by atoms with Crippen molar-refractivity contribution < 1.29 is 28.8 Å². The summed E-state index contributed by atoms with van der Waals surface area (Å²) in [5.74, 6) is 0.350. The molecule has 3 aliphatic heterocycles. The Morgan fingerprint density at radius 3 is 2.34 bits per heavy atom. The molecule has 7 fully saturated rings. The zero-order valence-corrected chi connectivity index (χ0v) is 17.7. The quantitative estimate of drug-likeness (QED) is 0.624. The van der Waals surface area contributed by atoms with Crippen LogP contribution >= 0.6 is 0 Å². The SMILES string of the molecule is C[C@]12C[C@H](O)[C@H]3[C@@H](C[C@@H]4O[C@]45CC4(CC[C@]35C)OCCO4)[C@@H]1CCC21OCCO1. The largest absolute Gasteiger partial charge is 0.393 e. The second kappa shape index (κ2) is 5.38. The first-order chi connectivity index (χ1) is 13.9. The molecule has 0 amide bonds. The van der Waals surface area contributed by atoms with Crippen LogP contribution in [0.15, 0.2) is 0 Å². The Bertz CT molecular complexity index is 729. The minimum atomic E-state index is -0.481. The molecule has 3 spiro atoms. The van der Waals surface area contributed by atoms with Gasteiger partial charge in [-0.15, -0.1) is 0 Å². The maximum Gasteiger partial charge on any atom is 0.174 e. The Labute approximate surface area is 172 Å². The lowest BCUT2D eigenvalue weighted by Gasteiger charge is -2.62. The van der Waals surface area contributed by atoms with Gasteiger partial charge in [0.05, 0.1) is 38.6 Å². The minimum absolute atomic E-state index is 0.0188. The lowest BCUT2D eigenvalue weighted by molar-refractivity contribution is -0.271. The van der Waals surface area contributed by atoms with Crippen LogP contribution in [0.3, 0.4) is 0 Å². The predicted octanol–water partition coefficient (Wildman–Crippen LogP) is 2.62. The lowest BCUT2D eigenvalue weighted by Crippen LogP contribution is -2.65. The molecule has 3 saturated heterocycles. The highest BCUT2D eigenvalue weighted by atomic mass is 16.7. The molecule has 6 nitrogen and oxygen atoms in total. The smallest absolute Gasteiger partial charge is 0.174 e. The molecule has 3 heterocycles. The summed E-state index contributed by atoms with van der Waals surface area (Å²) in [5.41, 5.74) is -0.305. The Morgan fingerprint density at radius 2 is 1.59 bits per heavy atom. The van der Waals surface area contributed by atoms with Crippen LogP contribution in [0.1, 0.15) is 58.8 Å². The van der Waals surface area contributed by atoms with Crippen molar-refractivity contribution in [2.45, 2.75) is 88.2 Å². The molecule has 0 aromatic rings. The molecule has 162 valence electrons. The van der Waals surface area contributed by atoms with E-state index in [4.69, 9.17) is 23.7 Å². The fourth-order valence-corrected chi connectivity index (χ4v) is 9.37. The molecule has 0 bridgehead atoms. The molecule has 0 unspecified atom stereocenters. The molecule has 4 saturated carbocycles. The van der Waals surface area contributed by atoms with E-state index in [-0.39, 0.29) is 34.6 Å². The van der Waals surface area contributed by atoms with Gasteiger partial charge in [0.15, 0.2) is 11.6 Å². The van der Waals surface area contributed by atoms with Crippen molar-refractivity contribution in [2.75, 3.05) is 26.4 Å². The third kappa shape index (κ3) is 1.97. The van der Waals surface area contributed by atoms with Crippen molar-refractivity contribution in [2.24, 2.45) is 28.6 Å². The first-order valence-electron chi connectivity index (χ1n) is 11.8. The van der Waals surface area contributed by atoms with Crippen LogP contribution in [0.25, 0.3) is 0 Å². The Morgan fingerprint density at radius 1 is 0.862 bits per heavy atom. The monoisotopic (exact) mass is 406 g/mol. The van der Waals surface area contributed by atoms with Gasteiger partial charge in [0.1, 0.15) is 5.60 Å². The summed E-state index contributed by atoms with van der Waals surface area (Å²) < 4.78 is 31.2. The van der Waals surface area contributed by atoms with Gasteiger partial charge in [-0.3, -0.25) is 0 Å². The molecular formula is C23H34O6. The van der Waals surface area contributed by atoms with Crippen LogP contribution in [0.5, 0.6) is 0 Å². The van der Waals surface area contributed by atoms with Crippen molar-refractivity contribution in [1.29, 1.82) is 0 Å². The molecule has 7 rings (SSSR count). The summed E-state index contributed by atoms with van der Waals surface area (Å²) in [6.07, 6.45) is 6.59. The molecule has 1 N–H and O–H groups in total. The highest BCUT2D eigenvalue weighted by Crippen LogP contribution is 2.75. The summed E-state index contributed by atoms with van der Waals surface area (Å²) in [5, 5.41) is 11.6. The summed E-state index contributed by atoms with van der Waals surface area (Å²) in [6, 6.07) is 0. The second-order valence-corrected chi connectivity index (χ2v) is 11.4. The third-order valence-electron chi connectivity index (χ3n) is 10.6. The van der Waals surface area contributed by atoms with E-state index in [9.17, 15) is 5.11 Å². The summed E-state index contributed by atoms with van der Waals surface area (Å²) >= 11 is 0. The first-order valence-corrected chi connectivity index (χ1v) is 11.8. The Balaban J connectivity index is 1.26. The standard InChI is InChI=1S/C23H34O6/c1-19-5-6-21(25-7-8-26-21)13-22(19)17(29-22)11-14-15-3-4-23(27-9-10-28-23)20(15,2)12-16(24)18(14)19/h14-18,24H,3-13H2,1-2H3/t14-,15-,16-,17-,18+,19+,20-,22+/m0/s1. The van der Waals surface area contributed by atoms with Gasteiger partial charge in [-0.1, -0.05) is 13.8 Å². The summed E-state index contributed by atoms with van der Waals surface area (Å²) in [4.78, 5) is 0. The van der Waals surface area contributed by atoms with Gasteiger partial charge in [0.2, 0.25) is 0 Å². The number of aliphatic hydroxyl groups is 1. The average molecular weight is 407 g/mol. The minimum Gasteiger partial charge on any atom is -0.393 e. The van der Waals surface area contributed by atoms with Crippen molar-refractivity contribution in [3.8, 4) is 0 Å². The number of hydrogen-bond donors (Lipinski definition) is 1. The lowest BCUT2D eigenvalue weighted by atomic mass is 9.43. The van der Waals surface area contributed by atoms with E-state index in [1.54, 1.807) is 0 Å². The van der Waals surface area contributed by atoms with Crippen molar-refractivity contribution in [3.05, 3.63) is 0 Å². The molecule has 0 aromatic heterocycles. The van der Waals surface area contributed by atoms with Crippen molar-refractivity contribution in [3.63, 3.8) is 0 Å². The zero-order valence-electron chi connectivity index (χ0n) is 17.7. The van der Waals surface area contributed by atoms with Gasteiger partial charge in [0, 0.05) is 30.1 Å². The van der Waals surface area contributed by atoms with Crippen LogP contribution in [0.4, 0.5) is 0 Å². The van der Waals surface area contributed by atoms with Gasteiger partial charge in [-0.25, -0.2) is 0 Å². The molecule has 4 aliphatic carbocycles. The third-order valence-corrected chi connectivity index (χ3v) is 10.6. The number of fused-ring (bicyclic) bond motifs is 5. The Hall–Kier alpha value is -0.240. The van der Waals surface area contributed by atoms with E-state index in [0.29, 0.717) is 38.3 Å². The van der Waals surface area contributed by atoms with Gasteiger partial charge in [-0.2, -0.15) is 0 Å².